The van der Waals surface area contributed by atoms with E-state index in [0.717, 1.165) is 0 Å². The Balaban J connectivity index is -0.00000000750. The molecule has 0 saturated carbocycles. The van der Waals surface area contributed by atoms with E-state index in [1.54, 1.807) is 0 Å². The summed E-state index contributed by atoms with van der Waals surface area (Å²) in [5.74, 6) is 0. The zero-order valence-corrected chi connectivity index (χ0v) is 8.01. The van der Waals surface area contributed by atoms with Crippen LogP contribution in [-0.2, 0) is 15.4 Å². The summed E-state index contributed by atoms with van der Waals surface area (Å²) in [5.41, 5.74) is 0. The topological polar surface area (TPSA) is 120 Å². The molecule has 0 aromatic heterocycles. The van der Waals surface area contributed by atoms with Gasteiger partial charge in [0.25, 0.3) is 0 Å². The molecule has 56 valence electrons. The van der Waals surface area contributed by atoms with Gasteiger partial charge >= 0.3 is 75.5 Å². The molecule has 0 saturated heterocycles. The van der Waals surface area contributed by atoms with E-state index in [-0.39, 0.29) is 86.4 Å². The molecule has 0 heterocycles. The molecule has 0 atom stereocenters. The van der Waals surface area contributed by atoms with Crippen LogP contribution >= 0.6 is 0 Å². The summed E-state index contributed by atoms with van der Waals surface area (Å²) in [6.07, 6.45) is 0. The van der Waals surface area contributed by atoms with E-state index in [4.69, 9.17) is 14.1 Å². The molecule has 0 aliphatic heterocycles. The number of rotatable bonds is 0. The van der Waals surface area contributed by atoms with Gasteiger partial charge in [-0.2, -0.15) is 0 Å². The van der Waals surface area contributed by atoms with Crippen LogP contribution in [0.15, 0.2) is 0 Å². The van der Waals surface area contributed by atoms with Gasteiger partial charge in [-0.1, -0.05) is 0 Å². The first-order chi connectivity index (χ1) is 1.73. The SMILES string of the molecule is O=[Si]([O-])[O-].[Ho+3].[Ho+3].[O-2].[O-2]. The van der Waals surface area contributed by atoms with Crippen molar-refractivity contribution in [3.8, 4) is 0 Å². The molecule has 0 spiro atoms. The monoisotopic (exact) mass is 438 g/mol. The maximum Gasteiger partial charge on any atom is 3.00 e. The number of hydrogen-bond donors (Lipinski definition) is 0. The molecule has 0 aliphatic rings. The summed E-state index contributed by atoms with van der Waals surface area (Å²) >= 11 is 0. The summed E-state index contributed by atoms with van der Waals surface area (Å²) in [6, 6.07) is 0. The van der Waals surface area contributed by atoms with Crippen molar-refractivity contribution in [2.45, 2.75) is 0 Å². The number of hydrogen-bond acceptors (Lipinski definition) is 3. The summed E-state index contributed by atoms with van der Waals surface area (Å²) in [4.78, 5) is 17.0. The third-order valence-electron chi connectivity index (χ3n) is 0. The Morgan fingerprint density at radius 3 is 1.00 bits per heavy atom. The molecule has 0 amide bonds. The van der Waals surface area contributed by atoms with Gasteiger partial charge in [0.1, 0.15) is 0 Å². The van der Waals surface area contributed by atoms with Gasteiger partial charge in [-0.3, -0.25) is 0 Å². The Morgan fingerprint density at radius 2 is 1.00 bits per heavy atom. The molecule has 0 aromatic carbocycles. The van der Waals surface area contributed by atoms with E-state index in [2.05, 4.69) is 0 Å². The van der Waals surface area contributed by atoms with Crippen LogP contribution in [0.1, 0.15) is 0 Å². The predicted molar refractivity (Wildman–Crippen MR) is 7.81 cm³/mol. The predicted octanol–water partition coefficient (Wildman–Crippen LogP) is -3.12. The van der Waals surface area contributed by atoms with Crippen molar-refractivity contribution < 1.29 is 100 Å². The van der Waals surface area contributed by atoms with Crippen molar-refractivity contribution in [2.24, 2.45) is 0 Å². The third-order valence-corrected chi connectivity index (χ3v) is 0. The van der Waals surface area contributed by atoms with Gasteiger partial charge in [-0.15, -0.1) is 0 Å². The van der Waals surface area contributed by atoms with Crippen molar-refractivity contribution in [3.63, 3.8) is 0 Å². The van der Waals surface area contributed by atoms with E-state index >= 15 is 0 Å². The van der Waals surface area contributed by atoms with Crippen molar-refractivity contribution in [1.29, 1.82) is 0 Å². The van der Waals surface area contributed by atoms with Crippen LogP contribution in [0.25, 0.3) is 0 Å². The molecule has 8 heavy (non-hydrogen) atoms. The third kappa shape index (κ3) is 94.9. The second-order valence-corrected chi connectivity index (χ2v) is 0.750. The fraction of sp³-hybridized carbons (Fsp3) is 0. The van der Waals surface area contributed by atoms with Crippen molar-refractivity contribution >= 4 is 9.17 Å². The van der Waals surface area contributed by atoms with Gasteiger partial charge in [0.2, 0.25) is 0 Å². The van der Waals surface area contributed by atoms with Crippen molar-refractivity contribution in [2.75, 3.05) is 0 Å². The largest absolute Gasteiger partial charge is 3.00 e. The molecule has 0 aromatic rings. The van der Waals surface area contributed by atoms with Crippen LogP contribution in [-0.4, -0.2) is 9.17 Å². The summed E-state index contributed by atoms with van der Waals surface area (Å²) < 4.78 is 8.52. The molecule has 0 rings (SSSR count). The second-order valence-electron chi connectivity index (χ2n) is 0.250. The zero-order chi connectivity index (χ0) is 3.58. The Labute approximate surface area is 108 Å². The molecule has 0 fully saturated rings. The van der Waals surface area contributed by atoms with Gasteiger partial charge in [0, 0.05) is 9.17 Å². The summed E-state index contributed by atoms with van der Waals surface area (Å²) in [7, 11) is -3.63. The van der Waals surface area contributed by atoms with Crippen LogP contribution in [0.4, 0.5) is 0 Å². The molecule has 0 bridgehead atoms. The minimum atomic E-state index is -3.63. The zero-order valence-electron chi connectivity index (χ0n) is 3.14. The molecule has 0 aliphatic carbocycles. The maximum absolute atomic E-state index is 8.52. The first-order valence-electron chi connectivity index (χ1n) is 0.612. The molecule has 0 N–H and O–H groups in total. The normalized spacial score (nSPS) is 3.00. The van der Waals surface area contributed by atoms with Crippen LogP contribution < -0.4 is 9.59 Å². The first kappa shape index (κ1) is 32.3. The Kier molecular flexibility index (Phi) is 92.7. The van der Waals surface area contributed by atoms with Crippen LogP contribution in [0.3, 0.4) is 0 Å². The molecule has 0 unspecified atom stereocenters. The molecule has 5 nitrogen and oxygen atoms in total. The molecule has 0 radical (unpaired) electrons. The van der Waals surface area contributed by atoms with Crippen LogP contribution in [0.2, 0.25) is 0 Å². The maximum atomic E-state index is 8.52. The second kappa shape index (κ2) is 23.0. The van der Waals surface area contributed by atoms with E-state index in [1.165, 1.54) is 0 Å². The Morgan fingerprint density at radius 1 is 1.00 bits per heavy atom. The quantitative estimate of drug-likeness (QED) is 0.373. The van der Waals surface area contributed by atoms with Crippen molar-refractivity contribution in [1.82, 2.24) is 0 Å². The summed E-state index contributed by atoms with van der Waals surface area (Å²) in [5, 5.41) is 0. The Bertz CT molecular complexity index is 33.4. The van der Waals surface area contributed by atoms with E-state index in [9.17, 15) is 0 Å². The van der Waals surface area contributed by atoms with E-state index in [0.29, 0.717) is 0 Å². The standard InChI is InChI=1S/2Ho.O3Si.2O/c;;1-4(2)3;;/q2*+3;3*-2. The smallest absolute Gasteiger partial charge is 2.00 e. The van der Waals surface area contributed by atoms with E-state index in [1.807, 2.05) is 0 Å². The van der Waals surface area contributed by atoms with Gasteiger partial charge < -0.3 is 25.0 Å². The minimum Gasteiger partial charge on any atom is -2.00 e. The van der Waals surface area contributed by atoms with Crippen molar-refractivity contribution in [3.05, 3.63) is 0 Å². The van der Waals surface area contributed by atoms with Gasteiger partial charge in [0.05, 0.1) is 0 Å². The van der Waals surface area contributed by atoms with Gasteiger partial charge in [-0.25, -0.2) is 0 Å². The Hall–Kier alpha value is 2.06. The fourth-order valence-corrected chi connectivity index (χ4v) is 0. The first-order valence-corrected chi connectivity index (χ1v) is 1.84. The average Bonchev–Trinajstić information content (AvgIpc) is 0.811. The van der Waals surface area contributed by atoms with Crippen LogP contribution in [0, 0.1) is 75.5 Å². The van der Waals surface area contributed by atoms with Gasteiger partial charge in [-0.05, 0) is 0 Å². The van der Waals surface area contributed by atoms with Crippen LogP contribution in [0.5, 0.6) is 0 Å². The molecule has 8 heteroatoms. The van der Waals surface area contributed by atoms with E-state index < -0.39 is 9.17 Å². The summed E-state index contributed by atoms with van der Waals surface area (Å²) in [6.45, 7) is 0. The minimum absolute atomic E-state index is 0. The van der Waals surface area contributed by atoms with Gasteiger partial charge in [0.15, 0.2) is 0 Å². The fourth-order valence-electron chi connectivity index (χ4n) is 0. The average molecular weight is 438 g/mol. The molecular formula is Ho2O5Si. The molecular weight excluding hydrogens is 438 g/mol.